The van der Waals surface area contributed by atoms with Gasteiger partial charge in [-0.3, -0.25) is 4.79 Å². The summed E-state index contributed by atoms with van der Waals surface area (Å²) >= 11 is 0. The zero-order valence-corrected chi connectivity index (χ0v) is 14.6. The maximum absolute atomic E-state index is 12.1. The van der Waals surface area contributed by atoms with Crippen LogP contribution in [-0.4, -0.2) is 40.5 Å². The van der Waals surface area contributed by atoms with Crippen molar-refractivity contribution in [2.75, 3.05) is 19.7 Å². The van der Waals surface area contributed by atoms with Crippen molar-refractivity contribution >= 4 is 5.91 Å². The fourth-order valence-electron chi connectivity index (χ4n) is 3.16. The molecule has 3 rings (SSSR count). The topological polar surface area (TPSA) is 58.2 Å². The molecule has 0 unspecified atom stereocenters. The minimum Gasteiger partial charge on any atom is -0.494 e. The van der Waals surface area contributed by atoms with E-state index in [1.54, 1.807) is 0 Å². The largest absolute Gasteiger partial charge is 0.494 e. The molecular formula is C19H25N3O2. The van der Waals surface area contributed by atoms with E-state index in [2.05, 4.69) is 23.8 Å². The summed E-state index contributed by atoms with van der Waals surface area (Å²) in [5, 5.41) is 0. The molecule has 0 aliphatic carbocycles. The van der Waals surface area contributed by atoms with E-state index in [1.165, 1.54) is 0 Å². The van der Waals surface area contributed by atoms with Crippen molar-refractivity contribution in [2.45, 2.75) is 33.1 Å². The number of hydrogen-bond acceptors (Lipinski definition) is 3. The van der Waals surface area contributed by atoms with Crippen LogP contribution < -0.4 is 4.74 Å². The van der Waals surface area contributed by atoms with Crippen LogP contribution in [0, 0.1) is 5.92 Å². The first-order valence-corrected chi connectivity index (χ1v) is 8.62. The highest BCUT2D eigenvalue weighted by atomic mass is 16.5. The summed E-state index contributed by atoms with van der Waals surface area (Å²) in [5.41, 5.74) is 2.04. The second kappa shape index (κ2) is 7.07. The average molecular weight is 327 g/mol. The number of amides is 1. The SMILES string of the molecule is CCOc1ccc(-c2cnc([C@@H]3CC(=O)N(CC(C)C)C3)[nH]2)cc1. The lowest BCUT2D eigenvalue weighted by Gasteiger charge is -2.18. The van der Waals surface area contributed by atoms with Crippen molar-refractivity contribution in [1.82, 2.24) is 14.9 Å². The summed E-state index contributed by atoms with van der Waals surface area (Å²) in [7, 11) is 0. The maximum atomic E-state index is 12.1. The van der Waals surface area contributed by atoms with Gasteiger partial charge in [0.15, 0.2) is 0 Å². The van der Waals surface area contributed by atoms with Crippen LogP contribution in [0.3, 0.4) is 0 Å². The van der Waals surface area contributed by atoms with Crippen molar-refractivity contribution in [1.29, 1.82) is 0 Å². The molecule has 0 bridgehead atoms. The number of benzene rings is 1. The van der Waals surface area contributed by atoms with Gasteiger partial charge in [-0.05, 0) is 42.7 Å². The first-order valence-electron chi connectivity index (χ1n) is 8.62. The number of imidazole rings is 1. The lowest BCUT2D eigenvalue weighted by Crippen LogP contribution is -2.29. The Bertz CT molecular complexity index is 691. The first kappa shape index (κ1) is 16.6. The van der Waals surface area contributed by atoms with E-state index in [0.29, 0.717) is 18.9 Å². The third kappa shape index (κ3) is 3.61. The molecule has 1 saturated heterocycles. The van der Waals surface area contributed by atoms with Gasteiger partial charge in [-0.2, -0.15) is 0 Å². The minimum atomic E-state index is 0.160. The Labute approximate surface area is 143 Å². The van der Waals surface area contributed by atoms with E-state index < -0.39 is 0 Å². The summed E-state index contributed by atoms with van der Waals surface area (Å²) in [6.45, 7) is 8.49. The molecule has 1 fully saturated rings. The van der Waals surface area contributed by atoms with Crippen molar-refractivity contribution in [3.8, 4) is 17.0 Å². The van der Waals surface area contributed by atoms with Crippen LogP contribution in [0.15, 0.2) is 30.5 Å². The van der Waals surface area contributed by atoms with E-state index in [4.69, 9.17) is 4.74 Å². The third-order valence-corrected chi connectivity index (χ3v) is 4.26. The van der Waals surface area contributed by atoms with Gasteiger partial charge >= 0.3 is 0 Å². The smallest absolute Gasteiger partial charge is 0.223 e. The van der Waals surface area contributed by atoms with Gasteiger partial charge in [-0.1, -0.05) is 13.8 Å². The lowest BCUT2D eigenvalue weighted by molar-refractivity contribution is -0.128. The van der Waals surface area contributed by atoms with Gasteiger partial charge in [0.1, 0.15) is 11.6 Å². The van der Waals surface area contributed by atoms with E-state index in [9.17, 15) is 4.79 Å². The molecule has 0 spiro atoms. The Morgan fingerprint density at radius 3 is 2.75 bits per heavy atom. The fraction of sp³-hybridized carbons (Fsp3) is 0.474. The molecule has 1 atom stereocenters. The molecule has 1 aliphatic heterocycles. The van der Waals surface area contributed by atoms with Crippen molar-refractivity contribution in [3.05, 3.63) is 36.3 Å². The van der Waals surface area contributed by atoms with E-state index >= 15 is 0 Å². The van der Waals surface area contributed by atoms with Crippen LogP contribution in [-0.2, 0) is 4.79 Å². The number of nitrogens with zero attached hydrogens (tertiary/aromatic N) is 2. The molecule has 0 radical (unpaired) electrons. The van der Waals surface area contributed by atoms with Gasteiger partial charge in [0.05, 0.1) is 18.5 Å². The lowest BCUT2D eigenvalue weighted by atomic mass is 10.1. The van der Waals surface area contributed by atoms with E-state index in [0.717, 1.165) is 35.9 Å². The Balaban J connectivity index is 1.70. The second-order valence-electron chi connectivity index (χ2n) is 6.73. The zero-order valence-electron chi connectivity index (χ0n) is 14.6. The quantitative estimate of drug-likeness (QED) is 0.884. The number of rotatable bonds is 6. The number of aromatic amines is 1. The second-order valence-corrected chi connectivity index (χ2v) is 6.73. The third-order valence-electron chi connectivity index (χ3n) is 4.26. The molecule has 2 aromatic rings. The molecule has 1 amide bonds. The molecule has 1 aromatic carbocycles. The Kier molecular flexibility index (Phi) is 4.88. The molecule has 128 valence electrons. The normalized spacial score (nSPS) is 17.8. The number of H-pyrrole nitrogens is 1. The Morgan fingerprint density at radius 1 is 1.33 bits per heavy atom. The summed E-state index contributed by atoms with van der Waals surface area (Å²) in [4.78, 5) is 22.0. The molecule has 1 N–H and O–H groups in total. The fourth-order valence-corrected chi connectivity index (χ4v) is 3.16. The molecule has 24 heavy (non-hydrogen) atoms. The molecule has 1 aliphatic rings. The number of ether oxygens (including phenoxy) is 1. The van der Waals surface area contributed by atoms with Gasteiger partial charge in [0, 0.05) is 25.4 Å². The predicted octanol–water partition coefficient (Wildman–Crippen LogP) is 3.45. The summed E-state index contributed by atoms with van der Waals surface area (Å²) in [5.74, 6) is 2.65. The molecule has 5 heteroatoms. The first-order chi connectivity index (χ1) is 11.6. The summed E-state index contributed by atoms with van der Waals surface area (Å²) in [6, 6.07) is 7.96. The van der Waals surface area contributed by atoms with Crippen LogP contribution >= 0.6 is 0 Å². The van der Waals surface area contributed by atoms with Crippen LogP contribution in [0.2, 0.25) is 0 Å². The van der Waals surface area contributed by atoms with Gasteiger partial charge in [-0.15, -0.1) is 0 Å². The highest BCUT2D eigenvalue weighted by Crippen LogP contribution is 2.29. The Morgan fingerprint density at radius 2 is 2.08 bits per heavy atom. The van der Waals surface area contributed by atoms with E-state index in [1.807, 2.05) is 42.3 Å². The molecular weight excluding hydrogens is 302 g/mol. The number of carbonyl (C=O) groups is 1. The summed E-state index contributed by atoms with van der Waals surface area (Å²) < 4.78 is 5.47. The van der Waals surface area contributed by atoms with Gasteiger partial charge in [0.2, 0.25) is 5.91 Å². The summed E-state index contributed by atoms with van der Waals surface area (Å²) in [6.07, 6.45) is 2.39. The maximum Gasteiger partial charge on any atom is 0.223 e. The van der Waals surface area contributed by atoms with Gasteiger partial charge in [-0.25, -0.2) is 4.98 Å². The van der Waals surface area contributed by atoms with Crippen LogP contribution in [0.1, 0.15) is 38.9 Å². The van der Waals surface area contributed by atoms with Gasteiger partial charge in [0.25, 0.3) is 0 Å². The average Bonchev–Trinajstić information content (AvgIpc) is 3.16. The number of likely N-dealkylation sites (tertiary alicyclic amines) is 1. The van der Waals surface area contributed by atoms with Gasteiger partial charge < -0.3 is 14.6 Å². The molecule has 0 saturated carbocycles. The molecule has 2 heterocycles. The molecule has 5 nitrogen and oxygen atoms in total. The highest BCUT2D eigenvalue weighted by molar-refractivity contribution is 5.79. The van der Waals surface area contributed by atoms with Crippen molar-refractivity contribution in [3.63, 3.8) is 0 Å². The highest BCUT2D eigenvalue weighted by Gasteiger charge is 2.32. The van der Waals surface area contributed by atoms with Crippen LogP contribution in [0.4, 0.5) is 0 Å². The minimum absolute atomic E-state index is 0.160. The van der Waals surface area contributed by atoms with Crippen molar-refractivity contribution < 1.29 is 9.53 Å². The number of aromatic nitrogens is 2. The van der Waals surface area contributed by atoms with Crippen LogP contribution in [0.5, 0.6) is 5.75 Å². The van der Waals surface area contributed by atoms with Crippen molar-refractivity contribution in [2.24, 2.45) is 5.92 Å². The zero-order chi connectivity index (χ0) is 17.1. The number of carbonyl (C=O) groups excluding carboxylic acids is 1. The number of nitrogens with one attached hydrogen (secondary N) is 1. The standard InChI is InChI=1S/C19H25N3O2/c1-4-24-16-7-5-14(6-8-16)17-10-20-19(21-17)15-9-18(23)22(12-15)11-13(2)3/h5-8,10,13,15H,4,9,11-12H2,1-3H3,(H,20,21)/t15-/m1/s1. The monoisotopic (exact) mass is 327 g/mol. The van der Waals surface area contributed by atoms with Crippen LogP contribution in [0.25, 0.3) is 11.3 Å². The Hall–Kier alpha value is -2.30. The predicted molar refractivity (Wildman–Crippen MR) is 94.0 cm³/mol. The molecule has 1 aromatic heterocycles. The van der Waals surface area contributed by atoms with E-state index in [-0.39, 0.29) is 11.8 Å². The number of hydrogen-bond donors (Lipinski definition) is 1.